The first-order chi connectivity index (χ1) is 21.7. The summed E-state index contributed by atoms with van der Waals surface area (Å²) in [5.41, 5.74) is -0.253. The normalized spacial score (nSPS) is 28.5. The average molecular weight is 671 g/mol. The number of likely N-dealkylation sites (tertiary alicyclic amines) is 1. The number of hydrogen-bond acceptors (Lipinski definition) is 9. The Bertz CT molecular complexity index is 1090. The Hall–Kier alpha value is -1.56. The standard InChI is InChI=1S/C33H59N4O8P/c1-8-44-46(7,41)23-29(38)37-28-22-35(25-13-16-34(17-14-25)15-11-19-43-30-12-9-10-18-42-30)31(39)26(21-33(4,5)6)36(28)32(40)27(45-37)20-24(2)3/h24-28,30H,8-23H2,1-7H3/t26-,27+,28-,30?,46?/m0/s1. The molecule has 0 spiro atoms. The molecule has 0 aromatic rings. The van der Waals surface area contributed by atoms with Crippen molar-refractivity contribution in [3.05, 3.63) is 0 Å². The minimum absolute atomic E-state index is 0.0126. The number of carbonyl (C=O) groups is 3. The van der Waals surface area contributed by atoms with Crippen LogP contribution in [0, 0.1) is 11.3 Å². The molecule has 4 heterocycles. The predicted octanol–water partition coefficient (Wildman–Crippen LogP) is 4.32. The third kappa shape index (κ3) is 9.98. The molecule has 4 rings (SSSR count). The van der Waals surface area contributed by atoms with Crippen LogP contribution >= 0.6 is 7.37 Å². The lowest BCUT2D eigenvalue weighted by Gasteiger charge is -2.55. The Morgan fingerprint density at radius 1 is 1.09 bits per heavy atom. The highest BCUT2D eigenvalue weighted by molar-refractivity contribution is 7.59. The van der Waals surface area contributed by atoms with Gasteiger partial charge in [0.25, 0.3) is 11.8 Å². The van der Waals surface area contributed by atoms with E-state index in [4.69, 9.17) is 18.8 Å². The summed E-state index contributed by atoms with van der Waals surface area (Å²) < 4.78 is 30.1. The highest BCUT2D eigenvalue weighted by Gasteiger charge is 2.54. The van der Waals surface area contributed by atoms with Crippen molar-refractivity contribution in [3.8, 4) is 0 Å². The summed E-state index contributed by atoms with van der Waals surface area (Å²) in [5.74, 6) is -0.689. The molecule has 5 atom stereocenters. The van der Waals surface area contributed by atoms with Crippen LogP contribution in [0.4, 0.5) is 0 Å². The van der Waals surface area contributed by atoms with Crippen LogP contribution in [-0.2, 0) is 37.8 Å². The molecule has 0 aromatic carbocycles. The average Bonchev–Trinajstić information content (AvgIpc) is 2.97. The Morgan fingerprint density at radius 2 is 1.80 bits per heavy atom. The van der Waals surface area contributed by atoms with E-state index >= 15 is 0 Å². The van der Waals surface area contributed by atoms with Gasteiger partial charge in [-0.15, -0.1) is 0 Å². The first kappa shape index (κ1) is 37.3. The van der Waals surface area contributed by atoms with Gasteiger partial charge in [0.15, 0.2) is 18.6 Å². The molecule has 0 aliphatic carbocycles. The second kappa shape index (κ2) is 16.2. The van der Waals surface area contributed by atoms with E-state index in [1.165, 1.54) is 11.7 Å². The van der Waals surface area contributed by atoms with Crippen molar-refractivity contribution in [2.75, 3.05) is 58.8 Å². The number of fused-ring (bicyclic) bond motifs is 1. The van der Waals surface area contributed by atoms with E-state index in [9.17, 15) is 18.9 Å². The third-order valence-electron chi connectivity index (χ3n) is 9.25. The number of rotatable bonds is 13. The van der Waals surface area contributed by atoms with Crippen LogP contribution in [0.25, 0.3) is 0 Å². The topological polar surface area (TPSA) is 118 Å². The molecule has 0 radical (unpaired) electrons. The van der Waals surface area contributed by atoms with Gasteiger partial charge in [-0.1, -0.05) is 34.6 Å². The molecule has 0 bridgehead atoms. The van der Waals surface area contributed by atoms with E-state index in [2.05, 4.69) is 25.7 Å². The second-order valence-corrected chi connectivity index (χ2v) is 17.7. The highest BCUT2D eigenvalue weighted by Crippen LogP contribution is 2.43. The molecular formula is C33H59N4O8P. The number of amides is 3. The number of ether oxygens (including phenoxy) is 2. The predicted molar refractivity (Wildman–Crippen MR) is 175 cm³/mol. The van der Waals surface area contributed by atoms with Crippen molar-refractivity contribution < 1.29 is 37.8 Å². The summed E-state index contributed by atoms with van der Waals surface area (Å²) in [5, 5.41) is 1.25. The molecule has 4 fully saturated rings. The van der Waals surface area contributed by atoms with E-state index in [-0.39, 0.29) is 54.8 Å². The second-order valence-electron chi connectivity index (χ2n) is 15.1. The SMILES string of the molecule is CCOP(C)(=O)CC(=O)N1O[C@H](CC(C)C)C(=O)N2[C@@H]1CN(C1CCN(CCCOC3CCCCO3)CC1)C(=O)[C@@H]2CC(C)(C)C. The molecule has 264 valence electrons. The van der Waals surface area contributed by atoms with E-state index in [1.54, 1.807) is 11.8 Å². The van der Waals surface area contributed by atoms with Crippen molar-refractivity contribution in [1.29, 1.82) is 0 Å². The van der Waals surface area contributed by atoms with Crippen LogP contribution in [0.5, 0.6) is 0 Å². The summed E-state index contributed by atoms with van der Waals surface area (Å²) in [6.45, 7) is 17.8. The quantitative estimate of drug-likeness (QED) is 0.209. The maximum absolute atomic E-state index is 14.3. The zero-order valence-corrected chi connectivity index (χ0v) is 30.2. The molecule has 0 N–H and O–H groups in total. The molecular weight excluding hydrogens is 611 g/mol. The van der Waals surface area contributed by atoms with Crippen LogP contribution in [0.15, 0.2) is 0 Å². The molecule has 0 saturated carbocycles. The van der Waals surface area contributed by atoms with Gasteiger partial charge in [0.1, 0.15) is 12.2 Å². The van der Waals surface area contributed by atoms with E-state index in [0.29, 0.717) is 19.4 Å². The smallest absolute Gasteiger partial charge is 0.257 e. The summed E-state index contributed by atoms with van der Waals surface area (Å²) in [6.07, 6.45) is 4.51. The molecule has 4 aliphatic heterocycles. The first-order valence-electron chi connectivity index (χ1n) is 17.5. The van der Waals surface area contributed by atoms with Crippen molar-refractivity contribution in [2.45, 2.75) is 124 Å². The van der Waals surface area contributed by atoms with Crippen molar-refractivity contribution in [2.24, 2.45) is 11.3 Å². The molecule has 13 heteroatoms. The molecule has 46 heavy (non-hydrogen) atoms. The van der Waals surface area contributed by atoms with Crippen LogP contribution < -0.4 is 0 Å². The van der Waals surface area contributed by atoms with E-state index in [0.717, 1.165) is 64.8 Å². The zero-order valence-electron chi connectivity index (χ0n) is 29.3. The lowest BCUT2D eigenvalue weighted by atomic mass is 9.84. The Morgan fingerprint density at radius 3 is 2.41 bits per heavy atom. The summed E-state index contributed by atoms with van der Waals surface area (Å²) in [6, 6.07) is -0.737. The highest BCUT2D eigenvalue weighted by atomic mass is 31.2. The monoisotopic (exact) mass is 670 g/mol. The van der Waals surface area contributed by atoms with Gasteiger partial charge in [-0.2, -0.15) is 5.06 Å². The zero-order chi connectivity index (χ0) is 33.6. The molecule has 3 amide bonds. The van der Waals surface area contributed by atoms with Crippen LogP contribution in [-0.4, -0.2) is 127 Å². The lowest BCUT2D eigenvalue weighted by Crippen LogP contribution is -2.75. The van der Waals surface area contributed by atoms with Gasteiger partial charge in [0.05, 0.1) is 19.8 Å². The number of piperazine rings is 1. The molecule has 0 aromatic heterocycles. The maximum Gasteiger partial charge on any atom is 0.257 e. The van der Waals surface area contributed by atoms with Gasteiger partial charge in [0, 0.05) is 38.9 Å². The number of piperidine rings is 1. The number of carbonyl (C=O) groups excluding carboxylic acids is 3. The lowest BCUT2D eigenvalue weighted by molar-refractivity contribution is -0.277. The van der Waals surface area contributed by atoms with Gasteiger partial charge in [-0.05, 0) is 69.6 Å². The fraction of sp³-hybridized carbons (Fsp3) is 0.909. The summed E-state index contributed by atoms with van der Waals surface area (Å²) in [7, 11) is -3.23. The fourth-order valence-corrected chi connectivity index (χ4v) is 8.37. The van der Waals surface area contributed by atoms with Crippen LogP contribution in [0.1, 0.15) is 92.9 Å². The van der Waals surface area contributed by atoms with Crippen LogP contribution in [0.2, 0.25) is 0 Å². The Kier molecular flexibility index (Phi) is 13.1. The van der Waals surface area contributed by atoms with Crippen molar-refractivity contribution in [1.82, 2.24) is 19.8 Å². The maximum atomic E-state index is 14.3. The summed E-state index contributed by atoms with van der Waals surface area (Å²) >= 11 is 0. The van der Waals surface area contributed by atoms with Crippen molar-refractivity contribution >= 4 is 25.1 Å². The van der Waals surface area contributed by atoms with Gasteiger partial charge in [-0.25, -0.2) is 0 Å². The number of hydrogen-bond donors (Lipinski definition) is 0. The minimum Gasteiger partial charge on any atom is -0.353 e. The molecule has 4 saturated heterocycles. The largest absolute Gasteiger partial charge is 0.353 e. The number of hydroxylamine groups is 2. The fourth-order valence-electron chi connectivity index (χ4n) is 7.10. The van der Waals surface area contributed by atoms with E-state index < -0.39 is 31.6 Å². The van der Waals surface area contributed by atoms with Crippen LogP contribution in [0.3, 0.4) is 0 Å². The minimum atomic E-state index is -3.23. The summed E-state index contributed by atoms with van der Waals surface area (Å²) in [4.78, 5) is 54.3. The Balaban J connectivity index is 1.49. The van der Waals surface area contributed by atoms with Gasteiger partial charge in [-0.3, -0.25) is 23.8 Å². The van der Waals surface area contributed by atoms with Gasteiger partial charge < -0.3 is 28.7 Å². The van der Waals surface area contributed by atoms with Gasteiger partial charge in [0.2, 0.25) is 13.3 Å². The third-order valence-corrected chi connectivity index (χ3v) is 10.9. The number of nitrogens with zero attached hydrogens (tertiary/aromatic N) is 4. The molecule has 4 aliphatic rings. The molecule has 2 unspecified atom stereocenters. The van der Waals surface area contributed by atoms with Gasteiger partial charge >= 0.3 is 0 Å². The first-order valence-corrected chi connectivity index (χ1v) is 19.7. The molecule has 12 nitrogen and oxygen atoms in total. The van der Waals surface area contributed by atoms with Crippen molar-refractivity contribution in [3.63, 3.8) is 0 Å². The Labute approximate surface area is 276 Å². The van der Waals surface area contributed by atoms with E-state index in [1.807, 2.05) is 18.7 Å².